The fourth-order valence-corrected chi connectivity index (χ4v) is 2.71. The van der Waals surface area contributed by atoms with Crippen molar-refractivity contribution in [2.75, 3.05) is 5.32 Å². The Balaban J connectivity index is 1.86. The lowest BCUT2D eigenvalue weighted by Gasteiger charge is -2.27. The van der Waals surface area contributed by atoms with E-state index in [4.69, 9.17) is 4.74 Å². The summed E-state index contributed by atoms with van der Waals surface area (Å²) in [6.07, 6.45) is 0. The zero-order chi connectivity index (χ0) is 17.5. The molecule has 0 aliphatic heterocycles. The molecular weight excluding hydrogens is 308 g/mol. The third kappa shape index (κ3) is 3.99. The molecule has 0 saturated carbocycles. The fourth-order valence-electron chi connectivity index (χ4n) is 2.71. The molecule has 0 spiro atoms. The lowest BCUT2D eigenvalue weighted by molar-refractivity contribution is 0.300. The van der Waals surface area contributed by atoms with Crippen molar-refractivity contribution in [3.05, 3.63) is 96.1 Å². The summed E-state index contributed by atoms with van der Waals surface area (Å²) in [4.78, 5) is 0. The predicted octanol–water partition coefficient (Wildman–Crippen LogP) is 5.12. The topological polar surface area (TPSA) is 45.0 Å². The Morgan fingerprint density at radius 2 is 1.48 bits per heavy atom. The first kappa shape index (κ1) is 16.6. The van der Waals surface area contributed by atoms with Crippen LogP contribution >= 0.6 is 0 Å². The number of nitrogens with one attached hydrogen (secondary N) is 1. The number of nitriles is 1. The maximum absolute atomic E-state index is 9.84. The van der Waals surface area contributed by atoms with E-state index >= 15 is 0 Å². The van der Waals surface area contributed by atoms with Crippen LogP contribution in [0.2, 0.25) is 0 Å². The van der Waals surface area contributed by atoms with Gasteiger partial charge in [0, 0.05) is 11.3 Å². The van der Waals surface area contributed by atoms with E-state index in [0.29, 0.717) is 12.4 Å². The molecule has 0 amide bonds. The predicted molar refractivity (Wildman–Crippen MR) is 100 cm³/mol. The molecule has 3 rings (SSSR count). The molecule has 0 aliphatic carbocycles. The molecule has 25 heavy (non-hydrogen) atoms. The van der Waals surface area contributed by atoms with E-state index in [9.17, 15) is 5.26 Å². The van der Waals surface area contributed by atoms with Gasteiger partial charge in [0.25, 0.3) is 0 Å². The summed E-state index contributed by atoms with van der Waals surface area (Å²) in [5.74, 6) is 0.707. The summed E-state index contributed by atoms with van der Waals surface area (Å²) < 4.78 is 6.02. The van der Waals surface area contributed by atoms with Crippen molar-refractivity contribution in [3.63, 3.8) is 0 Å². The summed E-state index contributed by atoms with van der Waals surface area (Å²) in [6.45, 7) is 2.33. The number of hydrogen-bond donors (Lipinski definition) is 1. The SMILES string of the molecule is CC(C#N)(Nc1ccccc1)c1ccccc1OCc1ccccc1. The Bertz CT molecular complexity index is 856. The van der Waals surface area contributed by atoms with Gasteiger partial charge in [-0.2, -0.15) is 5.26 Å². The van der Waals surface area contributed by atoms with E-state index in [1.165, 1.54) is 0 Å². The van der Waals surface area contributed by atoms with E-state index in [2.05, 4.69) is 11.4 Å². The van der Waals surface area contributed by atoms with Crippen molar-refractivity contribution in [1.29, 1.82) is 5.26 Å². The molecule has 0 aromatic heterocycles. The Labute approximate surface area is 148 Å². The number of rotatable bonds is 6. The lowest BCUT2D eigenvalue weighted by Crippen LogP contribution is -2.30. The summed E-state index contributed by atoms with van der Waals surface area (Å²) in [6, 6.07) is 29.8. The van der Waals surface area contributed by atoms with Crippen molar-refractivity contribution < 1.29 is 4.74 Å². The van der Waals surface area contributed by atoms with E-state index in [-0.39, 0.29) is 0 Å². The first-order valence-electron chi connectivity index (χ1n) is 8.22. The highest BCUT2D eigenvalue weighted by molar-refractivity contribution is 5.53. The molecule has 3 nitrogen and oxygen atoms in total. The van der Waals surface area contributed by atoms with Crippen LogP contribution in [0.15, 0.2) is 84.9 Å². The Morgan fingerprint density at radius 3 is 2.16 bits per heavy atom. The van der Waals surface area contributed by atoms with Crippen LogP contribution in [0, 0.1) is 11.3 Å². The average molecular weight is 328 g/mol. The van der Waals surface area contributed by atoms with Crippen molar-refractivity contribution in [2.45, 2.75) is 19.1 Å². The molecule has 0 aliphatic rings. The van der Waals surface area contributed by atoms with Crippen LogP contribution < -0.4 is 10.1 Å². The average Bonchev–Trinajstić information content (AvgIpc) is 2.68. The van der Waals surface area contributed by atoms with E-state index in [1.807, 2.05) is 91.9 Å². The van der Waals surface area contributed by atoms with E-state index in [1.54, 1.807) is 0 Å². The summed E-state index contributed by atoms with van der Waals surface area (Å²) in [5, 5.41) is 13.2. The standard InChI is InChI=1S/C22H20N2O/c1-22(17-23,24-19-12-6-3-7-13-19)20-14-8-9-15-21(20)25-16-18-10-4-2-5-11-18/h2-15,24H,16H2,1H3. The fraction of sp³-hybridized carbons (Fsp3) is 0.136. The van der Waals surface area contributed by atoms with Crippen LogP contribution in [0.1, 0.15) is 18.1 Å². The molecule has 124 valence electrons. The number of para-hydroxylation sites is 2. The van der Waals surface area contributed by atoms with Gasteiger partial charge in [0.1, 0.15) is 12.4 Å². The minimum Gasteiger partial charge on any atom is -0.488 e. The highest BCUT2D eigenvalue weighted by Crippen LogP contribution is 2.33. The normalized spacial score (nSPS) is 12.6. The molecule has 3 heteroatoms. The number of benzene rings is 3. The monoisotopic (exact) mass is 328 g/mol. The van der Waals surface area contributed by atoms with Crippen LogP contribution in [0.3, 0.4) is 0 Å². The van der Waals surface area contributed by atoms with Crippen LogP contribution in [-0.2, 0) is 12.1 Å². The van der Waals surface area contributed by atoms with E-state index < -0.39 is 5.54 Å². The highest BCUT2D eigenvalue weighted by Gasteiger charge is 2.29. The second-order valence-electron chi connectivity index (χ2n) is 6.00. The first-order chi connectivity index (χ1) is 12.2. The molecule has 3 aromatic rings. The van der Waals surface area contributed by atoms with Crippen LogP contribution in [0.25, 0.3) is 0 Å². The first-order valence-corrected chi connectivity index (χ1v) is 8.22. The smallest absolute Gasteiger partial charge is 0.151 e. The molecule has 1 unspecified atom stereocenters. The van der Waals surface area contributed by atoms with Crippen LogP contribution in [0.4, 0.5) is 5.69 Å². The van der Waals surface area contributed by atoms with Crippen molar-refractivity contribution in [3.8, 4) is 11.8 Å². The maximum Gasteiger partial charge on any atom is 0.151 e. The van der Waals surface area contributed by atoms with Crippen LogP contribution in [0.5, 0.6) is 5.75 Å². The summed E-state index contributed by atoms with van der Waals surface area (Å²) in [7, 11) is 0. The van der Waals surface area contributed by atoms with Gasteiger partial charge in [-0.05, 0) is 30.7 Å². The molecule has 0 heterocycles. The Morgan fingerprint density at radius 1 is 0.880 bits per heavy atom. The molecule has 1 atom stereocenters. The molecule has 1 N–H and O–H groups in total. The zero-order valence-corrected chi connectivity index (χ0v) is 14.1. The van der Waals surface area contributed by atoms with Gasteiger partial charge in [0.2, 0.25) is 0 Å². The van der Waals surface area contributed by atoms with Crippen molar-refractivity contribution in [2.24, 2.45) is 0 Å². The van der Waals surface area contributed by atoms with Gasteiger partial charge >= 0.3 is 0 Å². The highest BCUT2D eigenvalue weighted by atomic mass is 16.5. The third-order valence-electron chi connectivity index (χ3n) is 4.05. The third-order valence-corrected chi connectivity index (χ3v) is 4.05. The number of nitrogens with zero attached hydrogens (tertiary/aromatic N) is 1. The molecule has 0 bridgehead atoms. The second-order valence-corrected chi connectivity index (χ2v) is 6.00. The molecule has 0 radical (unpaired) electrons. The minimum absolute atomic E-state index is 0.463. The van der Waals surface area contributed by atoms with Gasteiger partial charge in [0.05, 0.1) is 6.07 Å². The van der Waals surface area contributed by atoms with Gasteiger partial charge in [-0.1, -0.05) is 66.7 Å². The van der Waals surface area contributed by atoms with Crippen LogP contribution in [-0.4, -0.2) is 0 Å². The molecule has 0 saturated heterocycles. The number of ether oxygens (including phenoxy) is 1. The minimum atomic E-state index is -0.894. The van der Waals surface area contributed by atoms with Gasteiger partial charge in [-0.25, -0.2) is 0 Å². The second kappa shape index (κ2) is 7.55. The van der Waals surface area contributed by atoms with Crippen molar-refractivity contribution >= 4 is 5.69 Å². The summed E-state index contributed by atoms with van der Waals surface area (Å²) >= 11 is 0. The van der Waals surface area contributed by atoms with Gasteiger partial charge in [-0.15, -0.1) is 0 Å². The number of anilines is 1. The largest absolute Gasteiger partial charge is 0.488 e. The Kier molecular flexibility index (Phi) is 5.01. The van der Waals surface area contributed by atoms with Crippen molar-refractivity contribution in [1.82, 2.24) is 0 Å². The Hall–Kier alpha value is -3.25. The number of hydrogen-bond acceptors (Lipinski definition) is 3. The van der Waals surface area contributed by atoms with E-state index in [0.717, 1.165) is 16.8 Å². The molecular formula is C22H20N2O. The molecule has 0 fully saturated rings. The maximum atomic E-state index is 9.84. The summed E-state index contributed by atoms with van der Waals surface area (Å²) in [5.41, 5.74) is 1.91. The van der Waals surface area contributed by atoms with Gasteiger partial charge < -0.3 is 10.1 Å². The van der Waals surface area contributed by atoms with Gasteiger partial charge in [-0.3, -0.25) is 0 Å². The zero-order valence-electron chi connectivity index (χ0n) is 14.1. The van der Waals surface area contributed by atoms with Gasteiger partial charge in [0.15, 0.2) is 5.54 Å². The quantitative estimate of drug-likeness (QED) is 0.683. The molecule has 3 aromatic carbocycles. The lowest BCUT2D eigenvalue weighted by atomic mass is 9.92.